The van der Waals surface area contributed by atoms with Crippen molar-refractivity contribution >= 4 is 11.8 Å². The Kier molecular flexibility index (Phi) is 3.08. The van der Waals surface area contributed by atoms with Gasteiger partial charge in [0.15, 0.2) is 0 Å². The van der Waals surface area contributed by atoms with Crippen molar-refractivity contribution in [2.75, 3.05) is 5.32 Å². The third-order valence-electron chi connectivity index (χ3n) is 2.94. The molecule has 1 aromatic rings. The fourth-order valence-corrected chi connectivity index (χ4v) is 1.73. The number of nitrogens with one attached hydrogen (secondary N) is 1. The molecule has 0 amide bonds. The van der Waals surface area contributed by atoms with Gasteiger partial charge >= 0.3 is 5.97 Å². The molecule has 0 atom stereocenters. The van der Waals surface area contributed by atoms with E-state index >= 15 is 0 Å². The molecule has 1 fully saturated rings. The lowest BCUT2D eigenvalue weighted by Gasteiger charge is -2.27. The van der Waals surface area contributed by atoms with E-state index < -0.39 is 5.97 Å². The fourth-order valence-electron chi connectivity index (χ4n) is 1.73. The lowest BCUT2D eigenvalue weighted by molar-refractivity contribution is 0.0696. The standard InChI is InChI=1S/C12H16N2O2/c1-2-9-6-8(12(15)16)7-11(13-9)14-10-4-3-5-10/h6-7,10H,2-5H2,1H3,(H,13,14)(H,15,16). The molecule has 0 aliphatic heterocycles. The van der Waals surface area contributed by atoms with Crippen LogP contribution in [0.1, 0.15) is 42.2 Å². The smallest absolute Gasteiger partial charge is 0.335 e. The van der Waals surface area contributed by atoms with Crippen molar-refractivity contribution in [2.24, 2.45) is 0 Å². The minimum absolute atomic E-state index is 0.314. The highest BCUT2D eigenvalue weighted by atomic mass is 16.4. The number of rotatable bonds is 4. The van der Waals surface area contributed by atoms with E-state index in [0.29, 0.717) is 17.4 Å². The van der Waals surface area contributed by atoms with E-state index in [1.807, 2.05) is 6.92 Å². The topological polar surface area (TPSA) is 62.2 Å². The monoisotopic (exact) mass is 220 g/mol. The highest BCUT2D eigenvalue weighted by Gasteiger charge is 2.18. The number of carboxylic acid groups (broad SMARTS) is 1. The number of aromatic carboxylic acids is 1. The molecule has 0 bridgehead atoms. The van der Waals surface area contributed by atoms with Crippen molar-refractivity contribution < 1.29 is 9.90 Å². The maximum Gasteiger partial charge on any atom is 0.335 e. The molecule has 0 spiro atoms. The quantitative estimate of drug-likeness (QED) is 0.817. The Morgan fingerprint density at radius 2 is 2.31 bits per heavy atom. The van der Waals surface area contributed by atoms with E-state index in [9.17, 15) is 4.79 Å². The van der Waals surface area contributed by atoms with Gasteiger partial charge < -0.3 is 10.4 Å². The van der Waals surface area contributed by atoms with Crippen LogP contribution in [-0.4, -0.2) is 22.1 Å². The number of carbonyl (C=O) groups is 1. The summed E-state index contributed by atoms with van der Waals surface area (Å²) in [4.78, 5) is 15.3. The van der Waals surface area contributed by atoms with E-state index in [4.69, 9.17) is 5.11 Å². The van der Waals surface area contributed by atoms with Crippen molar-refractivity contribution in [3.63, 3.8) is 0 Å². The van der Waals surface area contributed by atoms with Gasteiger partial charge in [-0.2, -0.15) is 0 Å². The Bertz CT molecular complexity index is 400. The van der Waals surface area contributed by atoms with Crippen LogP contribution in [0.25, 0.3) is 0 Å². The number of pyridine rings is 1. The molecule has 0 saturated heterocycles. The predicted molar refractivity (Wildman–Crippen MR) is 61.8 cm³/mol. The first-order valence-corrected chi connectivity index (χ1v) is 5.70. The Balaban J connectivity index is 2.21. The van der Waals surface area contributed by atoms with Gasteiger partial charge in [-0.25, -0.2) is 9.78 Å². The van der Waals surface area contributed by atoms with Crippen LogP contribution in [0.5, 0.6) is 0 Å². The van der Waals surface area contributed by atoms with Crippen LogP contribution in [0.2, 0.25) is 0 Å². The molecule has 1 heterocycles. The van der Waals surface area contributed by atoms with E-state index in [1.54, 1.807) is 12.1 Å². The van der Waals surface area contributed by atoms with E-state index in [-0.39, 0.29) is 0 Å². The lowest BCUT2D eigenvalue weighted by Crippen LogP contribution is -2.27. The van der Waals surface area contributed by atoms with Crippen molar-refractivity contribution in [2.45, 2.75) is 38.6 Å². The van der Waals surface area contributed by atoms with E-state index in [2.05, 4.69) is 10.3 Å². The van der Waals surface area contributed by atoms with Gasteiger partial charge in [0.2, 0.25) is 0 Å². The summed E-state index contributed by atoms with van der Waals surface area (Å²) in [7, 11) is 0. The maximum absolute atomic E-state index is 10.9. The Morgan fingerprint density at radius 1 is 1.56 bits per heavy atom. The molecule has 16 heavy (non-hydrogen) atoms. The minimum Gasteiger partial charge on any atom is -0.478 e. The zero-order valence-electron chi connectivity index (χ0n) is 9.36. The molecule has 0 radical (unpaired) electrons. The van der Waals surface area contributed by atoms with Gasteiger partial charge in [0.05, 0.1) is 5.56 Å². The number of carboxylic acids is 1. The summed E-state index contributed by atoms with van der Waals surface area (Å²) in [6.07, 6.45) is 4.30. The fraction of sp³-hybridized carbons (Fsp3) is 0.500. The number of anilines is 1. The average molecular weight is 220 g/mol. The molecular weight excluding hydrogens is 204 g/mol. The highest BCUT2D eigenvalue weighted by Crippen LogP contribution is 2.23. The summed E-state index contributed by atoms with van der Waals surface area (Å²) >= 11 is 0. The zero-order chi connectivity index (χ0) is 11.5. The molecule has 1 aliphatic carbocycles. The Hall–Kier alpha value is -1.58. The predicted octanol–water partition coefficient (Wildman–Crippen LogP) is 2.31. The summed E-state index contributed by atoms with van der Waals surface area (Å²) in [5.41, 5.74) is 1.13. The Labute approximate surface area is 94.7 Å². The van der Waals surface area contributed by atoms with E-state index in [1.165, 1.54) is 6.42 Å². The van der Waals surface area contributed by atoms with Crippen molar-refractivity contribution in [1.82, 2.24) is 4.98 Å². The second-order valence-corrected chi connectivity index (χ2v) is 4.16. The van der Waals surface area contributed by atoms with Gasteiger partial charge in [-0.15, -0.1) is 0 Å². The van der Waals surface area contributed by atoms with Crippen LogP contribution in [-0.2, 0) is 6.42 Å². The molecule has 86 valence electrons. The van der Waals surface area contributed by atoms with Crippen LogP contribution in [0.4, 0.5) is 5.82 Å². The molecule has 4 heteroatoms. The normalized spacial score (nSPS) is 15.6. The van der Waals surface area contributed by atoms with Crippen LogP contribution in [0.15, 0.2) is 12.1 Å². The molecule has 1 aliphatic rings. The summed E-state index contributed by atoms with van der Waals surface area (Å²) in [6, 6.07) is 3.72. The van der Waals surface area contributed by atoms with Gasteiger partial charge in [0, 0.05) is 11.7 Å². The number of hydrogen-bond acceptors (Lipinski definition) is 3. The SMILES string of the molecule is CCc1cc(C(=O)O)cc(NC2CCC2)n1. The molecule has 2 N–H and O–H groups in total. The van der Waals surface area contributed by atoms with Crippen LogP contribution >= 0.6 is 0 Å². The molecule has 4 nitrogen and oxygen atoms in total. The Morgan fingerprint density at radius 3 is 2.81 bits per heavy atom. The summed E-state index contributed by atoms with van der Waals surface area (Å²) in [5, 5.41) is 12.3. The second kappa shape index (κ2) is 4.51. The van der Waals surface area contributed by atoms with Gasteiger partial charge in [-0.1, -0.05) is 6.92 Å². The van der Waals surface area contributed by atoms with Crippen LogP contribution in [0.3, 0.4) is 0 Å². The van der Waals surface area contributed by atoms with Gasteiger partial charge in [-0.05, 0) is 37.8 Å². The first-order chi connectivity index (χ1) is 7.69. The summed E-state index contributed by atoms with van der Waals surface area (Å²) < 4.78 is 0. The molecular formula is C12H16N2O2. The highest BCUT2D eigenvalue weighted by molar-refractivity contribution is 5.88. The van der Waals surface area contributed by atoms with E-state index in [0.717, 1.165) is 25.0 Å². The second-order valence-electron chi connectivity index (χ2n) is 4.16. The number of nitrogens with zero attached hydrogens (tertiary/aromatic N) is 1. The third-order valence-corrected chi connectivity index (χ3v) is 2.94. The summed E-state index contributed by atoms with van der Waals surface area (Å²) in [5.74, 6) is -0.199. The number of hydrogen-bond donors (Lipinski definition) is 2. The molecule has 1 saturated carbocycles. The maximum atomic E-state index is 10.9. The van der Waals surface area contributed by atoms with Crippen LogP contribution in [0, 0.1) is 0 Å². The third kappa shape index (κ3) is 2.32. The van der Waals surface area contributed by atoms with Gasteiger partial charge in [0.1, 0.15) is 5.82 Å². The largest absolute Gasteiger partial charge is 0.478 e. The number of aryl methyl sites for hydroxylation is 1. The van der Waals surface area contributed by atoms with Crippen molar-refractivity contribution in [3.8, 4) is 0 Å². The molecule has 2 rings (SSSR count). The molecule has 0 aromatic carbocycles. The van der Waals surface area contributed by atoms with Crippen molar-refractivity contribution in [3.05, 3.63) is 23.4 Å². The van der Waals surface area contributed by atoms with Gasteiger partial charge in [-0.3, -0.25) is 0 Å². The summed E-state index contributed by atoms with van der Waals surface area (Å²) in [6.45, 7) is 1.97. The number of aromatic nitrogens is 1. The van der Waals surface area contributed by atoms with Crippen molar-refractivity contribution in [1.29, 1.82) is 0 Å². The first-order valence-electron chi connectivity index (χ1n) is 5.70. The van der Waals surface area contributed by atoms with Crippen LogP contribution < -0.4 is 5.32 Å². The minimum atomic E-state index is -0.895. The molecule has 1 aromatic heterocycles. The zero-order valence-corrected chi connectivity index (χ0v) is 9.36. The first kappa shape index (κ1) is 10.9. The lowest BCUT2D eigenvalue weighted by atomic mass is 9.93. The average Bonchev–Trinajstić information content (AvgIpc) is 2.23. The van der Waals surface area contributed by atoms with Gasteiger partial charge in [0.25, 0.3) is 0 Å². The molecule has 0 unspecified atom stereocenters.